The molecule has 1 rings (SSSR count). The second-order valence-corrected chi connectivity index (χ2v) is 7.51. The molecular formula is C7H12F3NO6S2. The summed E-state index contributed by atoms with van der Waals surface area (Å²) in [5, 5.41) is 0. The van der Waals surface area contributed by atoms with Gasteiger partial charge in [-0.3, -0.25) is 0 Å². The van der Waals surface area contributed by atoms with E-state index in [4.69, 9.17) is 9.47 Å². The maximum atomic E-state index is 11.9. The van der Waals surface area contributed by atoms with E-state index < -0.39 is 31.3 Å². The third kappa shape index (κ3) is 6.03. The van der Waals surface area contributed by atoms with E-state index in [0.29, 0.717) is 10.7 Å². The molecule has 0 spiro atoms. The van der Waals surface area contributed by atoms with Gasteiger partial charge in [0.25, 0.3) is 0 Å². The van der Waals surface area contributed by atoms with Crippen LogP contribution in [0.15, 0.2) is 0 Å². The van der Waals surface area contributed by atoms with Crippen LogP contribution in [0.2, 0.25) is 0 Å². The molecule has 1 aliphatic rings. The van der Waals surface area contributed by atoms with Gasteiger partial charge in [0.15, 0.2) is 0 Å². The van der Waals surface area contributed by atoms with Crippen molar-refractivity contribution in [1.82, 2.24) is 4.13 Å². The van der Waals surface area contributed by atoms with Crippen molar-refractivity contribution in [2.75, 3.05) is 25.6 Å². The standard InChI is InChI=1S/C7H12F3NO6S2/c8-7(9,10)19(14,15)11-18(12,13)3-1-2-16-4-6-5-17-6/h6,11H,1-5H2. The van der Waals surface area contributed by atoms with Crippen LogP contribution in [-0.4, -0.2) is 54.0 Å². The van der Waals surface area contributed by atoms with Gasteiger partial charge < -0.3 is 9.47 Å². The van der Waals surface area contributed by atoms with E-state index in [9.17, 15) is 30.0 Å². The lowest BCUT2D eigenvalue weighted by atomic mass is 10.5. The molecule has 1 N–H and O–H groups in total. The van der Waals surface area contributed by atoms with Gasteiger partial charge >= 0.3 is 15.5 Å². The minimum Gasteiger partial charge on any atom is -0.379 e. The van der Waals surface area contributed by atoms with Crippen LogP contribution >= 0.6 is 0 Å². The molecule has 0 saturated carbocycles. The first-order valence-electron chi connectivity index (χ1n) is 5.05. The van der Waals surface area contributed by atoms with Crippen LogP contribution < -0.4 is 4.13 Å². The Morgan fingerprint density at radius 3 is 2.32 bits per heavy atom. The van der Waals surface area contributed by atoms with E-state index in [1.807, 2.05) is 0 Å². The first kappa shape index (κ1) is 16.6. The molecule has 0 aromatic rings. The summed E-state index contributed by atoms with van der Waals surface area (Å²) in [6.07, 6.45) is -0.143. The largest absolute Gasteiger partial charge is 0.512 e. The molecule has 7 nitrogen and oxygen atoms in total. The van der Waals surface area contributed by atoms with E-state index in [-0.39, 0.29) is 25.7 Å². The Balaban J connectivity index is 2.34. The highest BCUT2D eigenvalue weighted by Crippen LogP contribution is 2.22. The summed E-state index contributed by atoms with van der Waals surface area (Å²) in [6, 6.07) is 0. The molecule has 0 aromatic carbocycles. The van der Waals surface area contributed by atoms with Crippen LogP contribution in [0, 0.1) is 0 Å². The number of hydrogen-bond acceptors (Lipinski definition) is 6. The molecule has 1 atom stereocenters. The van der Waals surface area contributed by atoms with E-state index in [1.54, 1.807) is 0 Å². The average Bonchev–Trinajstić information content (AvgIpc) is 2.97. The fraction of sp³-hybridized carbons (Fsp3) is 1.00. The van der Waals surface area contributed by atoms with Gasteiger partial charge in [-0.25, -0.2) is 16.8 Å². The van der Waals surface area contributed by atoms with Crippen LogP contribution in [0.5, 0.6) is 0 Å². The fourth-order valence-corrected chi connectivity index (χ4v) is 3.53. The molecule has 0 amide bonds. The van der Waals surface area contributed by atoms with Crippen LogP contribution in [-0.2, 0) is 29.5 Å². The van der Waals surface area contributed by atoms with Crippen molar-refractivity contribution in [3.63, 3.8) is 0 Å². The lowest BCUT2D eigenvalue weighted by Gasteiger charge is -2.10. The van der Waals surface area contributed by atoms with Crippen LogP contribution in [0.4, 0.5) is 13.2 Å². The van der Waals surface area contributed by atoms with Gasteiger partial charge in [-0.1, -0.05) is 0 Å². The Morgan fingerprint density at radius 2 is 1.84 bits per heavy atom. The predicted octanol–water partition coefficient (Wildman–Crippen LogP) is -0.439. The van der Waals surface area contributed by atoms with Gasteiger partial charge in [0.05, 0.1) is 19.0 Å². The van der Waals surface area contributed by atoms with Crippen molar-refractivity contribution < 1.29 is 39.5 Å². The van der Waals surface area contributed by atoms with Crippen molar-refractivity contribution in [3.05, 3.63) is 0 Å². The molecule has 1 saturated heterocycles. The molecular weight excluding hydrogens is 315 g/mol. The second-order valence-electron chi connectivity index (χ2n) is 3.74. The predicted molar refractivity (Wildman–Crippen MR) is 57.1 cm³/mol. The number of sulfonamides is 2. The third-order valence-electron chi connectivity index (χ3n) is 1.95. The second kappa shape index (κ2) is 5.91. The highest BCUT2D eigenvalue weighted by Gasteiger charge is 2.48. The molecule has 0 aromatic heterocycles. The fourth-order valence-electron chi connectivity index (χ4n) is 0.986. The highest BCUT2D eigenvalue weighted by atomic mass is 32.3. The van der Waals surface area contributed by atoms with Gasteiger partial charge in [0.1, 0.15) is 6.10 Å². The topological polar surface area (TPSA) is 102 Å². The van der Waals surface area contributed by atoms with Crippen LogP contribution in [0.1, 0.15) is 6.42 Å². The normalized spacial score (nSPS) is 20.5. The van der Waals surface area contributed by atoms with Crippen molar-refractivity contribution in [3.8, 4) is 0 Å². The Bertz CT molecular complexity index is 495. The Kier molecular flexibility index (Phi) is 5.17. The minimum absolute atomic E-state index is 0.0136. The SMILES string of the molecule is O=S(=O)(CCCOCC1CO1)NS(=O)(=O)C(F)(F)F. The van der Waals surface area contributed by atoms with E-state index in [0.717, 1.165) is 0 Å². The lowest BCUT2D eigenvalue weighted by molar-refractivity contribution is -0.0441. The first-order valence-corrected chi connectivity index (χ1v) is 8.19. The molecule has 1 aliphatic heterocycles. The number of nitrogens with one attached hydrogen (secondary N) is 1. The van der Waals surface area contributed by atoms with Crippen molar-refractivity contribution >= 4 is 20.0 Å². The average molecular weight is 327 g/mol. The number of ether oxygens (including phenoxy) is 2. The van der Waals surface area contributed by atoms with E-state index >= 15 is 0 Å². The molecule has 114 valence electrons. The molecule has 0 radical (unpaired) electrons. The molecule has 19 heavy (non-hydrogen) atoms. The van der Waals surface area contributed by atoms with Gasteiger partial charge in [-0.2, -0.15) is 13.2 Å². The lowest BCUT2D eigenvalue weighted by Crippen LogP contribution is -2.41. The summed E-state index contributed by atoms with van der Waals surface area (Å²) in [7, 11) is -10.5. The van der Waals surface area contributed by atoms with Gasteiger partial charge in [0, 0.05) is 6.61 Å². The summed E-state index contributed by atoms with van der Waals surface area (Å²) in [6.45, 7) is 0.810. The molecule has 1 unspecified atom stereocenters. The van der Waals surface area contributed by atoms with Gasteiger partial charge in [0.2, 0.25) is 10.0 Å². The zero-order valence-corrected chi connectivity index (χ0v) is 11.1. The van der Waals surface area contributed by atoms with Crippen molar-refractivity contribution in [1.29, 1.82) is 0 Å². The summed E-state index contributed by atoms with van der Waals surface area (Å²) < 4.78 is 89.7. The Morgan fingerprint density at radius 1 is 1.26 bits per heavy atom. The molecule has 12 heteroatoms. The number of hydrogen-bond donors (Lipinski definition) is 1. The quantitative estimate of drug-likeness (QED) is 0.479. The smallest absolute Gasteiger partial charge is 0.379 e. The maximum absolute atomic E-state index is 11.9. The van der Waals surface area contributed by atoms with Crippen LogP contribution in [0.3, 0.4) is 0 Å². The van der Waals surface area contributed by atoms with Crippen molar-refractivity contribution in [2.24, 2.45) is 0 Å². The summed E-state index contributed by atoms with van der Waals surface area (Å²) in [4.78, 5) is 0. The summed E-state index contributed by atoms with van der Waals surface area (Å²) in [5.74, 6) is -0.784. The monoisotopic (exact) mass is 327 g/mol. The molecule has 1 heterocycles. The van der Waals surface area contributed by atoms with E-state index in [1.165, 1.54) is 0 Å². The zero-order chi connectivity index (χ0) is 14.7. The summed E-state index contributed by atoms with van der Waals surface area (Å²) in [5.41, 5.74) is -5.67. The molecule has 0 bridgehead atoms. The van der Waals surface area contributed by atoms with Gasteiger partial charge in [-0.05, 0) is 6.42 Å². The van der Waals surface area contributed by atoms with E-state index in [2.05, 4.69) is 0 Å². The third-order valence-corrected chi connectivity index (χ3v) is 5.28. The van der Waals surface area contributed by atoms with Crippen LogP contribution in [0.25, 0.3) is 0 Å². The number of epoxide rings is 1. The number of halogens is 3. The summed E-state index contributed by atoms with van der Waals surface area (Å²) >= 11 is 0. The minimum atomic E-state index is -5.90. The van der Waals surface area contributed by atoms with Crippen molar-refractivity contribution in [2.45, 2.75) is 18.0 Å². The number of rotatable bonds is 8. The van der Waals surface area contributed by atoms with Gasteiger partial charge in [-0.15, -0.1) is 4.13 Å². The first-order chi connectivity index (χ1) is 8.54. The maximum Gasteiger partial charge on any atom is 0.512 e. The number of alkyl halides is 3. The Hall–Kier alpha value is -0.430. The molecule has 0 aliphatic carbocycles. The Labute approximate surface area is 108 Å². The highest BCUT2D eigenvalue weighted by molar-refractivity contribution is 8.05. The molecule has 1 fully saturated rings. The zero-order valence-electron chi connectivity index (χ0n) is 9.51.